The monoisotopic (exact) mass is 390 g/mol. The quantitative estimate of drug-likeness (QED) is 0.474. The Kier molecular flexibility index (Phi) is 7.32. The summed E-state index contributed by atoms with van der Waals surface area (Å²) in [7, 11) is -2.97. The van der Waals surface area contributed by atoms with Crippen molar-refractivity contribution in [2.24, 2.45) is 0 Å². The number of hydrogen-bond acceptors (Lipinski definition) is 3. The maximum atomic E-state index is 12.1. The van der Waals surface area contributed by atoms with Crippen LogP contribution in [0.15, 0.2) is 34.9 Å². The first-order valence-electron chi connectivity index (χ1n) is 9.99. The van der Waals surface area contributed by atoms with Gasteiger partial charge in [0.1, 0.15) is 5.76 Å². The van der Waals surface area contributed by atoms with Crippen molar-refractivity contribution in [1.29, 1.82) is 0 Å². The molecule has 150 valence electrons. The normalized spacial score (nSPS) is 12.5. The summed E-state index contributed by atoms with van der Waals surface area (Å²) in [5.41, 5.74) is 5.20. The van der Waals surface area contributed by atoms with Crippen molar-refractivity contribution in [3.8, 4) is 11.3 Å². The molecule has 0 N–H and O–H groups in total. The third-order valence-corrected chi connectivity index (χ3v) is 8.17. The van der Waals surface area contributed by atoms with E-state index in [1.54, 1.807) is 27.0 Å². The van der Waals surface area contributed by atoms with Gasteiger partial charge >= 0.3 is 0 Å². The third-order valence-electron chi connectivity index (χ3n) is 5.48. The summed E-state index contributed by atoms with van der Waals surface area (Å²) in [6.07, 6.45) is 7.94. The Hall–Kier alpha value is -1.55. The van der Waals surface area contributed by atoms with Crippen molar-refractivity contribution >= 4 is 9.84 Å². The summed E-state index contributed by atoms with van der Waals surface area (Å²) in [5.74, 6) is 1.23. The first-order valence-corrected chi connectivity index (χ1v) is 11.6. The van der Waals surface area contributed by atoms with Gasteiger partial charge in [0.15, 0.2) is 9.84 Å². The summed E-state index contributed by atoms with van der Waals surface area (Å²) in [6, 6.07) is 8.30. The minimum Gasteiger partial charge on any atom is -0.464 e. The van der Waals surface area contributed by atoms with Crippen LogP contribution in [-0.2, 0) is 16.3 Å². The second-order valence-electron chi connectivity index (χ2n) is 8.45. The number of unbranched alkanes of at least 4 members (excludes halogenated alkanes) is 4. The molecule has 4 heteroatoms. The maximum Gasteiger partial charge on any atom is 0.155 e. The fraction of sp³-hybridized carbons (Fsp3) is 0.565. The number of rotatable bonds is 9. The van der Waals surface area contributed by atoms with Crippen LogP contribution in [0.25, 0.3) is 11.3 Å². The van der Waals surface area contributed by atoms with Crippen LogP contribution in [0.1, 0.15) is 69.6 Å². The Morgan fingerprint density at radius 3 is 2.19 bits per heavy atom. The zero-order valence-corrected chi connectivity index (χ0v) is 18.3. The molecular formula is C23H34O3S. The van der Waals surface area contributed by atoms with Crippen molar-refractivity contribution in [3.63, 3.8) is 0 Å². The molecule has 0 spiro atoms. The van der Waals surface area contributed by atoms with E-state index in [-0.39, 0.29) is 0 Å². The van der Waals surface area contributed by atoms with E-state index < -0.39 is 14.6 Å². The molecule has 0 atom stereocenters. The van der Waals surface area contributed by atoms with Crippen LogP contribution in [0, 0.1) is 13.8 Å². The van der Waals surface area contributed by atoms with Crippen molar-refractivity contribution in [2.45, 2.75) is 77.9 Å². The van der Waals surface area contributed by atoms with Crippen LogP contribution in [-0.4, -0.2) is 18.9 Å². The van der Waals surface area contributed by atoms with Gasteiger partial charge in [0.2, 0.25) is 0 Å². The van der Waals surface area contributed by atoms with Gasteiger partial charge in [-0.1, -0.05) is 31.4 Å². The molecule has 0 bridgehead atoms. The smallest absolute Gasteiger partial charge is 0.155 e. The van der Waals surface area contributed by atoms with Crippen LogP contribution < -0.4 is 0 Å². The molecule has 0 radical (unpaired) electrons. The molecule has 2 rings (SSSR count). The van der Waals surface area contributed by atoms with E-state index in [9.17, 15) is 8.42 Å². The highest BCUT2D eigenvalue weighted by Gasteiger charge is 2.27. The van der Waals surface area contributed by atoms with E-state index in [2.05, 4.69) is 26.0 Å². The molecule has 0 aliphatic carbocycles. The molecule has 0 amide bonds. The largest absolute Gasteiger partial charge is 0.464 e. The van der Waals surface area contributed by atoms with Gasteiger partial charge in [0, 0.05) is 5.56 Å². The Morgan fingerprint density at radius 2 is 1.56 bits per heavy atom. The van der Waals surface area contributed by atoms with Gasteiger partial charge in [-0.05, 0) is 82.7 Å². The molecule has 1 aromatic carbocycles. The SMILES string of the molecule is Cc1c(CCCCCCCS(=O)(=O)C(C)(C)C)ccc(-c2ccco2)c1C. The average molecular weight is 391 g/mol. The predicted octanol–water partition coefficient (Wildman–Crippen LogP) is 6.27. The van der Waals surface area contributed by atoms with Crippen LogP contribution in [0.4, 0.5) is 0 Å². The molecule has 0 fully saturated rings. The van der Waals surface area contributed by atoms with E-state index >= 15 is 0 Å². The van der Waals surface area contributed by atoms with Gasteiger partial charge in [-0.25, -0.2) is 8.42 Å². The van der Waals surface area contributed by atoms with Gasteiger partial charge in [-0.2, -0.15) is 0 Å². The van der Waals surface area contributed by atoms with Crippen molar-refractivity contribution in [3.05, 3.63) is 47.2 Å². The number of hydrogen-bond donors (Lipinski definition) is 0. The van der Waals surface area contributed by atoms with Crippen LogP contribution in [0.5, 0.6) is 0 Å². The highest BCUT2D eigenvalue weighted by Crippen LogP contribution is 2.28. The third kappa shape index (κ3) is 5.71. The van der Waals surface area contributed by atoms with E-state index in [1.807, 2.05) is 12.1 Å². The zero-order valence-electron chi connectivity index (χ0n) is 17.5. The molecule has 0 aliphatic heterocycles. The molecule has 1 aromatic heterocycles. The fourth-order valence-corrected chi connectivity index (χ4v) is 4.49. The van der Waals surface area contributed by atoms with Crippen LogP contribution in [0.3, 0.4) is 0 Å². The molecule has 0 saturated carbocycles. The molecule has 2 aromatic rings. The maximum absolute atomic E-state index is 12.1. The van der Waals surface area contributed by atoms with Crippen molar-refractivity contribution < 1.29 is 12.8 Å². The minimum atomic E-state index is -2.97. The van der Waals surface area contributed by atoms with Gasteiger partial charge in [0.25, 0.3) is 0 Å². The summed E-state index contributed by atoms with van der Waals surface area (Å²) in [4.78, 5) is 0. The van der Waals surface area contributed by atoms with E-state index in [4.69, 9.17) is 4.42 Å². The van der Waals surface area contributed by atoms with Crippen LogP contribution in [0.2, 0.25) is 0 Å². The average Bonchev–Trinajstić information content (AvgIpc) is 3.11. The van der Waals surface area contributed by atoms with Crippen molar-refractivity contribution in [1.82, 2.24) is 0 Å². The lowest BCUT2D eigenvalue weighted by molar-refractivity contribution is 0.552. The van der Waals surface area contributed by atoms with Gasteiger partial charge in [-0.3, -0.25) is 0 Å². The summed E-state index contributed by atoms with van der Waals surface area (Å²) in [5, 5.41) is 0. The highest BCUT2D eigenvalue weighted by atomic mass is 32.2. The molecule has 27 heavy (non-hydrogen) atoms. The lowest BCUT2D eigenvalue weighted by atomic mass is 9.93. The standard InChI is InChI=1S/C23H34O3S/c1-18-19(2)21(22-13-11-16-26-22)15-14-20(18)12-9-7-6-8-10-17-27(24,25)23(3,4)5/h11,13-16H,6-10,12,17H2,1-5H3. The summed E-state index contributed by atoms with van der Waals surface area (Å²) < 4.78 is 29.1. The van der Waals surface area contributed by atoms with Gasteiger partial charge in [0.05, 0.1) is 16.8 Å². The van der Waals surface area contributed by atoms with E-state index in [0.717, 1.165) is 44.3 Å². The van der Waals surface area contributed by atoms with E-state index in [0.29, 0.717) is 5.75 Å². The predicted molar refractivity (Wildman–Crippen MR) is 114 cm³/mol. The molecule has 1 heterocycles. The number of sulfone groups is 1. The highest BCUT2D eigenvalue weighted by molar-refractivity contribution is 7.92. The molecule has 0 unspecified atom stereocenters. The second kappa shape index (κ2) is 9.09. The first kappa shape index (κ1) is 21.7. The molecular weight excluding hydrogens is 356 g/mol. The lowest BCUT2D eigenvalue weighted by Crippen LogP contribution is -2.30. The Bertz CT molecular complexity index is 825. The summed E-state index contributed by atoms with van der Waals surface area (Å²) >= 11 is 0. The topological polar surface area (TPSA) is 47.3 Å². The van der Waals surface area contributed by atoms with Crippen molar-refractivity contribution in [2.75, 3.05) is 5.75 Å². The molecule has 0 aliphatic rings. The summed E-state index contributed by atoms with van der Waals surface area (Å²) in [6.45, 7) is 9.69. The Balaban J connectivity index is 1.76. The molecule has 0 saturated heterocycles. The lowest BCUT2D eigenvalue weighted by Gasteiger charge is -2.18. The number of aryl methyl sites for hydroxylation is 1. The Labute approximate surface area is 165 Å². The van der Waals surface area contributed by atoms with Gasteiger partial charge in [-0.15, -0.1) is 0 Å². The van der Waals surface area contributed by atoms with Crippen LogP contribution >= 0.6 is 0 Å². The van der Waals surface area contributed by atoms with E-state index in [1.165, 1.54) is 22.3 Å². The zero-order chi connectivity index (χ0) is 20.1. The molecule has 3 nitrogen and oxygen atoms in total. The number of furan rings is 1. The fourth-order valence-electron chi connectivity index (χ4n) is 3.29. The van der Waals surface area contributed by atoms with Gasteiger partial charge < -0.3 is 4.42 Å². The minimum absolute atomic E-state index is 0.309. The second-order valence-corrected chi connectivity index (χ2v) is 11.3. The first-order chi connectivity index (χ1) is 12.6. The number of benzene rings is 1. The Morgan fingerprint density at radius 1 is 0.889 bits per heavy atom.